The molecule has 0 bridgehead atoms. The Bertz CT molecular complexity index is 1520. The summed E-state index contributed by atoms with van der Waals surface area (Å²) in [5.41, 5.74) is 11.4. The molecule has 2 aromatic heterocycles. The molecule has 10 nitrogen and oxygen atoms in total. The highest BCUT2D eigenvalue weighted by Crippen LogP contribution is 2.32. The standard InChI is InChI=1S/C33H40N4O6/c1-7-20-16(3)26(36-32(20)42)13-24-18(5)22(9-11-30(38)39)28(34-24)15-29-23(10-12-31(40)41)19(6)25(35-29)14-27-17(4)21(8-2)33(43)37-27/h13-14,34-35H,7-12,15H2,1-6H3,(H,36,42)(H,37,43)(H,38,39)(H,40,41)/b26-13-,27-14-. The maximum absolute atomic E-state index is 12.4. The van der Waals surface area contributed by atoms with Crippen molar-refractivity contribution in [1.29, 1.82) is 0 Å². The molecule has 6 N–H and O–H groups in total. The van der Waals surface area contributed by atoms with Crippen molar-refractivity contribution >= 4 is 35.9 Å². The van der Waals surface area contributed by atoms with Gasteiger partial charge in [0.2, 0.25) is 0 Å². The minimum absolute atomic E-state index is 0.0462. The molecule has 4 heterocycles. The number of aromatic nitrogens is 2. The number of aromatic amines is 2. The second-order valence-corrected chi connectivity index (χ2v) is 11.1. The Kier molecular flexibility index (Phi) is 9.27. The maximum Gasteiger partial charge on any atom is 0.303 e. The second kappa shape index (κ2) is 12.7. The van der Waals surface area contributed by atoms with Crippen LogP contribution in [0.2, 0.25) is 0 Å². The lowest BCUT2D eigenvalue weighted by atomic mass is 9.98. The van der Waals surface area contributed by atoms with Gasteiger partial charge in [-0.3, -0.25) is 19.2 Å². The van der Waals surface area contributed by atoms with Gasteiger partial charge in [-0.05, 0) is 98.9 Å². The van der Waals surface area contributed by atoms with Gasteiger partial charge in [0, 0.05) is 64.6 Å². The normalized spacial score (nSPS) is 17.1. The van der Waals surface area contributed by atoms with Crippen molar-refractivity contribution in [3.8, 4) is 0 Å². The molecule has 4 rings (SSSR count). The highest BCUT2D eigenvalue weighted by molar-refractivity contribution is 6.01. The van der Waals surface area contributed by atoms with E-state index in [9.17, 15) is 29.4 Å². The Labute approximate surface area is 251 Å². The number of nitrogens with one attached hydrogen (secondary N) is 4. The Hall–Kier alpha value is -4.60. The fourth-order valence-corrected chi connectivity index (χ4v) is 6.03. The van der Waals surface area contributed by atoms with Gasteiger partial charge >= 0.3 is 11.9 Å². The number of rotatable bonds is 12. The van der Waals surface area contributed by atoms with Crippen LogP contribution in [-0.2, 0) is 38.4 Å². The summed E-state index contributed by atoms with van der Waals surface area (Å²) in [6.45, 7) is 11.6. The van der Waals surface area contributed by atoms with Gasteiger partial charge in [0.25, 0.3) is 11.8 Å². The van der Waals surface area contributed by atoms with E-state index in [1.807, 2.05) is 53.7 Å². The molecule has 2 aromatic rings. The molecule has 0 aliphatic carbocycles. The van der Waals surface area contributed by atoms with Gasteiger partial charge < -0.3 is 30.8 Å². The number of carbonyl (C=O) groups excluding carboxylic acids is 2. The first kappa shape index (κ1) is 31.3. The highest BCUT2D eigenvalue weighted by atomic mass is 16.4. The number of hydrogen-bond acceptors (Lipinski definition) is 4. The van der Waals surface area contributed by atoms with E-state index in [1.165, 1.54) is 0 Å². The van der Waals surface area contributed by atoms with Crippen LogP contribution in [-0.4, -0.2) is 43.9 Å². The van der Waals surface area contributed by atoms with Crippen molar-refractivity contribution < 1.29 is 29.4 Å². The van der Waals surface area contributed by atoms with Crippen LogP contribution < -0.4 is 10.6 Å². The SMILES string of the molecule is CCC1=C(C)/C(=C/c2[nH]c(Cc3[nH]c(/C=C4\NC(=O)C(CC)=C4C)c(C)c3CCC(=O)O)c(CCC(=O)O)c2C)NC1=O. The molecule has 43 heavy (non-hydrogen) atoms. The van der Waals surface area contributed by atoms with E-state index in [2.05, 4.69) is 20.6 Å². The molecule has 228 valence electrons. The predicted molar refractivity (Wildman–Crippen MR) is 164 cm³/mol. The Morgan fingerprint density at radius 3 is 1.35 bits per heavy atom. The summed E-state index contributed by atoms with van der Waals surface area (Å²) >= 11 is 0. The lowest BCUT2D eigenvalue weighted by Crippen LogP contribution is -2.16. The van der Waals surface area contributed by atoms with Crippen molar-refractivity contribution in [2.75, 3.05) is 0 Å². The molecule has 0 spiro atoms. The van der Waals surface area contributed by atoms with E-state index in [1.54, 1.807) is 0 Å². The highest BCUT2D eigenvalue weighted by Gasteiger charge is 2.26. The fraction of sp³-hybridized carbons (Fsp3) is 0.394. The monoisotopic (exact) mass is 588 g/mol. The Morgan fingerprint density at radius 1 is 0.674 bits per heavy atom. The van der Waals surface area contributed by atoms with Gasteiger partial charge in [0.1, 0.15) is 0 Å². The third-order valence-corrected chi connectivity index (χ3v) is 8.59. The van der Waals surface area contributed by atoms with Gasteiger partial charge in [-0.2, -0.15) is 0 Å². The van der Waals surface area contributed by atoms with Crippen LogP contribution in [0.4, 0.5) is 0 Å². The van der Waals surface area contributed by atoms with Gasteiger partial charge in [-0.1, -0.05) is 13.8 Å². The molecular weight excluding hydrogens is 548 g/mol. The maximum atomic E-state index is 12.4. The van der Waals surface area contributed by atoms with Crippen molar-refractivity contribution in [2.24, 2.45) is 0 Å². The molecule has 0 unspecified atom stereocenters. The summed E-state index contributed by atoms with van der Waals surface area (Å²) in [7, 11) is 0. The van der Waals surface area contributed by atoms with Crippen LogP contribution in [0.5, 0.6) is 0 Å². The number of allylic oxidation sites excluding steroid dienone is 2. The molecule has 2 aliphatic heterocycles. The first-order valence-corrected chi connectivity index (χ1v) is 14.7. The van der Waals surface area contributed by atoms with Crippen LogP contribution in [0.3, 0.4) is 0 Å². The van der Waals surface area contributed by atoms with E-state index in [-0.39, 0.29) is 24.7 Å². The quantitative estimate of drug-likeness (QED) is 0.205. The zero-order valence-corrected chi connectivity index (χ0v) is 25.6. The second-order valence-electron chi connectivity index (χ2n) is 11.1. The molecule has 0 aromatic carbocycles. The first-order valence-electron chi connectivity index (χ1n) is 14.7. The fourth-order valence-electron chi connectivity index (χ4n) is 6.03. The summed E-state index contributed by atoms with van der Waals surface area (Å²) < 4.78 is 0. The number of carbonyl (C=O) groups is 4. The molecular formula is C33H40N4O6. The topological polar surface area (TPSA) is 164 Å². The minimum atomic E-state index is -0.902. The minimum Gasteiger partial charge on any atom is -0.481 e. The number of hydrogen-bond donors (Lipinski definition) is 6. The lowest BCUT2D eigenvalue weighted by Gasteiger charge is -2.07. The van der Waals surface area contributed by atoms with E-state index in [0.29, 0.717) is 43.5 Å². The van der Waals surface area contributed by atoms with Gasteiger partial charge in [0.15, 0.2) is 0 Å². The number of amides is 2. The largest absolute Gasteiger partial charge is 0.481 e. The Balaban J connectivity index is 1.79. The third-order valence-electron chi connectivity index (χ3n) is 8.59. The zero-order chi connectivity index (χ0) is 31.6. The Morgan fingerprint density at radius 2 is 1.05 bits per heavy atom. The summed E-state index contributed by atoms with van der Waals surface area (Å²) in [6, 6.07) is 0. The third kappa shape index (κ3) is 6.43. The van der Waals surface area contributed by atoms with Crippen LogP contribution in [0.15, 0.2) is 33.7 Å². The van der Waals surface area contributed by atoms with Gasteiger partial charge in [0.05, 0.1) is 0 Å². The average Bonchev–Trinajstić information content (AvgIpc) is 3.58. The van der Waals surface area contributed by atoms with E-state index < -0.39 is 11.9 Å². The van der Waals surface area contributed by atoms with Crippen molar-refractivity contribution in [3.63, 3.8) is 0 Å². The molecule has 0 atom stereocenters. The molecule has 0 radical (unpaired) electrons. The van der Waals surface area contributed by atoms with Crippen LogP contribution in [0.1, 0.15) is 98.4 Å². The van der Waals surface area contributed by atoms with E-state index >= 15 is 0 Å². The summed E-state index contributed by atoms with van der Waals surface area (Å²) in [4.78, 5) is 54.8. The lowest BCUT2D eigenvalue weighted by molar-refractivity contribution is -0.138. The summed E-state index contributed by atoms with van der Waals surface area (Å²) in [5, 5.41) is 24.8. The summed E-state index contributed by atoms with van der Waals surface area (Å²) in [5.74, 6) is -2.02. The molecule has 0 saturated carbocycles. The summed E-state index contributed by atoms with van der Waals surface area (Å²) in [6.07, 6.45) is 5.95. The molecule has 10 heteroatoms. The van der Waals surface area contributed by atoms with Crippen molar-refractivity contribution in [1.82, 2.24) is 20.6 Å². The van der Waals surface area contributed by atoms with Gasteiger partial charge in [-0.15, -0.1) is 0 Å². The molecule has 2 amide bonds. The van der Waals surface area contributed by atoms with Crippen LogP contribution in [0.25, 0.3) is 12.2 Å². The zero-order valence-electron chi connectivity index (χ0n) is 25.6. The predicted octanol–water partition coefficient (Wildman–Crippen LogP) is 4.98. The van der Waals surface area contributed by atoms with Crippen molar-refractivity contribution in [3.05, 3.63) is 78.7 Å². The molecule has 0 saturated heterocycles. The number of carboxylic acids is 2. The molecule has 2 aliphatic rings. The smallest absolute Gasteiger partial charge is 0.303 e. The van der Waals surface area contributed by atoms with E-state index in [0.717, 1.165) is 67.3 Å². The number of H-pyrrole nitrogens is 2. The van der Waals surface area contributed by atoms with Gasteiger partial charge in [-0.25, -0.2) is 0 Å². The first-order chi connectivity index (χ1) is 20.4. The van der Waals surface area contributed by atoms with E-state index in [4.69, 9.17) is 0 Å². The number of carboxylic acid groups (broad SMARTS) is 2. The van der Waals surface area contributed by atoms with Crippen LogP contribution >= 0.6 is 0 Å². The van der Waals surface area contributed by atoms with Crippen LogP contribution in [0, 0.1) is 13.8 Å². The number of aliphatic carboxylic acids is 2. The average molecular weight is 589 g/mol. The molecule has 0 fully saturated rings. The van der Waals surface area contributed by atoms with Crippen molar-refractivity contribution in [2.45, 2.75) is 86.5 Å².